The van der Waals surface area contributed by atoms with E-state index in [0.717, 1.165) is 0 Å². The van der Waals surface area contributed by atoms with Crippen molar-refractivity contribution in [3.05, 3.63) is 33.3 Å². The van der Waals surface area contributed by atoms with Crippen molar-refractivity contribution in [1.82, 2.24) is 0 Å². The predicted molar refractivity (Wildman–Crippen MR) is 53.7 cm³/mol. The van der Waals surface area contributed by atoms with E-state index in [1.165, 1.54) is 0 Å². The first-order valence-corrected chi connectivity index (χ1v) is 4.63. The molecule has 13 heavy (non-hydrogen) atoms. The Morgan fingerprint density at radius 3 is 2.77 bits per heavy atom. The van der Waals surface area contributed by atoms with Gasteiger partial charge in [0.2, 0.25) is 0 Å². The maximum Gasteiger partial charge on any atom is 0.325 e. The average molecular weight is 265 g/mol. The summed E-state index contributed by atoms with van der Waals surface area (Å²) >= 11 is 8.94. The first-order valence-electron chi connectivity index (χ1n) is 3.46. The van der Waals surface area contributed by atoms with Gasteiger partial charge < -0.3 is 10.8 Å². The second-order valence-corrected chi connectivity index (χ2v) is 3.66. The predicted octanol–water partition coefficient (Wildman–Crippen LogP) is 2.19. The summed E-state index contributed by atoms with van der Waals surface area (Å²) in [5, 5.41) is 9.11. The van der Waals surface area contributed by atoms with E-state index in [-0.39, 0.29) is 0 Å². The Morgan fingerprint density at radius 1 is 1.62 bits per heavy atom. The molecule has 70 valence electrons. The van der Waals surface area contributed by atoms with Crippen LogP contribution < -0.4 is 5.73 Å². The fourth-order valence-electron chi connectivity index (χ4n) is 0.894. The normalized spacial score (nSPS) is 12.5. The highest BCUT2D eigenvalue weighted by Gasteiger charge is 2.17. The van der Waals surface area contributed by atoms with Crippen LogP contribution in [0.3, 0.4) is 0 Å². The minimum absolute atomic E-state index is 0.453. The molecule has 0 saturated carbocycles. The van der Waals surface area contributed by atoms with Gasteiger partial charge in [-0.1, -0.05) is 23.7 Å². The lowest BCUT2D eigenvalue weighted by Gasteiger charge is -2.09. The van der Waals surface area contributed by atoms with E-state index in [4.69, 9.17) is 22.4 Å². The Bertz CT molecular complexity index is 343. The van der Waals surface area contributed by atoms with Crippen LogP contribution in [-0.4, -0.2) is 11.1 Å². The molecule has 0 aliphatic heterocycles. The van der Waals surface area contributed by atoms with Gasteiger partial charge in [-0.3, -0.25) is 4.79 Å². The summed E-state index contributed by atoms with van der Waals surface area (Å²) in [5.74, 6) is -1.08. The highest BCUT2D eigenvalue weighted by molar-refractivity contribution is 9.10. The largest absolute Gasteiger partial charge is 0.480 e. The number of aliphatic carboxylic acids is 1. The molecule has 0 spiro atoms. The molecule has 1 rings (SSSR count). The van der Waals surface area contributed by atoms with Crippen LogP contribution in [0.25, 0.3) is 0 Å². The van der Waals surface area contributed by atoms with Gasteiger partial charge >= 0.3 is 5.97 Å². The van der Waals surface area contributed by atoms with Crippen molar-refractivity contribution in [2.24, 2.45) is 5.73 Å². The van der Waals surface area contributed by atoms with Crippen LogP contribution in [-0.2, 0) is 4.79 Å². The van der Waals surface area contributed by atoms with Gasteiger partial charge in [-0.2, -0.15) is 0 Å². The van der Waals surface area contributed by atoms with Gasteiger partial charge in [-0.15, -0.1) is 0 Å². The van der Waals surface area contributed by atoms with Crippen molar-refractivity contribution in [2.45, 2.75) is 6.04 Å². The van der Waals surface area contributed by atoms with Crippen LogP contribution in [0.15, 0.2) is 22.7 Å². The number of rotatable bonds is 2. The van der Waals surface area contributed by atoms with Crippen LogP contribution >= 0.6 is 27.5 Å². The standard InChI is InChI=1S/C8H7BrClNO2/c9-6-4(7(11)8(12)13)2-1-3-5(6)10/h1-3,7H,11H2,(H,12,13)/t7-/m1/s1. The molecule has 0 bridgehead atoms. The number of hydrogen-bond donors (Lipinski definition) is 2. The zero-order valence-electron chi connectivity index (χ0n) is 6.50. The molecule has 0 fully saturated rings. The highest BCUT2D eigenvalue weighted by Crippen LogP contribution is 2.29. The molecule has 0 unspecified atom stereocenters. The third-order valence-electron chi connectivity index (χ3n) is 1.58. The van der Waals surface area contributed by atoms with Crippen LogP contribution in [0.2, 0.25) is 5.02 Å². The summed E-state index contributed by atoms with van der Waals surface area (Å²) in [7, 11) is 0. The quantitative estimate of drug-likeness (QED) is 0.860. The minimum Gasteiger partial charge on any atom is -0.480 e. The highest BCUT2D eigenvalue weighted by atomic mass is 79.9. The molecule has 0 aliphatic rings. The van der Waals surface area contributed by atoms with Gasteiger partial charge in [0.25, 0.3) is 0 Å². The van der Waals surface area contributed by atoms with E-state index in [1.54, 1.807) is 18.2 Å². The molecular formula is C8H7BrClNO2. The van der Waals surface area contributed by atoms with E-state index in [0.29, 0.717) is 15.1 Å². The van der Waals surface area contributed by atoms with Crippen molar-refractivity contribution in [1.29, 1.82) is 0 Å². The lowest BCUT2D eigenvalue weighted by Crippen LogP contribution is -2.21. The fourth-order valence-corrected chi connectivity index (χ4v) is 1.59. The number of carboxylic acids is 1. The summed E-state index contributed by atoms with van der Waals surface area (Å²) < 4.78 is 0.534. The second-order valence-electron chi connectivity index (χ2n) is 2.46. The first kappa shape index (κ1) is 10.5. The van der Waals surface area contributed by atoms with Crippen molar-refractivity contribution < 1.29 is 9.90 Å². The zero-order valence-corrected chi connectivity index (χ0v) is 8.84. The summed E-state index contributed by atoms with van der Waals surface area (Å²) in [6.45, 7) is 0. The van der Waals surface area contributed by atoms with Gasteiger partial charge in [-0.05, 0) is 27.6 Å². The average Bonchev–Trinajstić information content (AvgIpc) is 2.08. The molecule has 0 radical (unpaired) electrons. The Morgan fingerprint density at radius 2 is 2.23 bits per heavy atom. The zero-order chi connectivity index (χ0) is 10.0. The fraction of sp³-hybridized carbons (Fsp3) is 0.125. The third kappa shape index (κ3) is 2.21. The van der Waals surface area contributed by atoms with E-state index in [1.807, 2.05) is 0 Å². The van der Waals surface area contributed by atoms with Crippen molar-refractivity contribution in [2.75, 3.05) is 0 Å². The van der Waals surface area contributed by atoms with Crippen molar-refractivity contribution in [3.63, 3.8) is 0 Å². The molecule has 0 aliphatic carbocycles. The molecule has 1 aromatic carbocycles. The Labute approximate surface area is 88.6 Å². The van der Waals surface area contributed by atoms with Gasteiger partial charge in [0, 0.05) is 4.47 Å². The van der Waals surface area contributed by atoms with Crippen LogP contribution in [0.1, 0.15) is 11.6 Å². The molecule has 1 aromatic rings. The minimum atomic E-state index is -1.08. The van der Waals surface area contributed by atoms with Gasteiger partial charge in [0.05, 0.1) is 5.02 Å². The molecule has 3 nitrogen and oxygen atoms in total. The molecule has 5 heteroatoms. The van der Waals surface area contributed by atoms with E-state index < -0.39 is 12.0 Å². The number of benzene rings is 1. The van der Waals surface area contributed by atoms with Crippen LogP contribution in [0.5, 0.6) is 0 Å². The lowest BCUT2D eigenvalue weighted by atomic mass is 10.1. The molecule has 0 aromatic heterocycles. The molecular weight excluding hydrogens is 257 g/mol. The molecule has 0 amide bonds. The van der Waals surface area contributed by atoms with Gasteiger partial charge in [0.15, 0.2) is 0 Å². The maximum absolute atomic E-state index is 10.6. The number of nitrogens with two attached hydrogens (primary N) is 1. The topological polar surface area (TPSA) is 63.3 Å². The van der Waals surface area contributed by atoms with Gasteiger partial charge in [0.1, 0.15) is 6.04 Å². The molecule has 3 N–H and O–H groups in total. The van der Waals surface area contributed by atoms with E-state index in [9.17, 15) is 4.79 Å². The Hall–Kier alpha value is -0.580. The molecule has 0 heterocycles. The Kier molecular flexibility index (Phi) is 3.30. The monoisotopic (exact) mass is 263 g/mol. The number of halogens is 2. The van der Waals surface area contributed by atoms with Crippen molar-refractivity contribution in [3.8, 4) is 0 Å². The van der Waals surface area contributed by atoms with Crippen molar-refractivity contribution >= 4 is 33.5 Å². The summed E-state index contributed by atoms with van der Waals surface area (Å²) in [5.41, 5.74) is 5.89. The molecule has 0 saturated heterocycles. The molecule has 1 atom stereocenters. The summed E-state index contributed by atoms with van der Waals surface area (Å²) in [6.07, 6.45) is 0. The van der Waals surface area contributed by atoms with Crippen LogP contribution in [0, 0.1) is 0 Å². The maximum atomic E-state index is 10.6. The van der Waals surface area contributed by atoms with E-state index >= 15 is 0 Å². The number of hydrogen-bond acceptors (Lipinski definition) is 2. The first-order chi connectivity index (χ1) is 6.04. The third-order valence-corrected chi connectivity index (χ3v) is 3.01. The number of carboxylic acid groups (broad SMARTS) is 1. The second kappa shape index (κ2) is 4.09. The van der Waals surface area contributed by atoms with E-state index in [2.05, 4.69) is 15.9 Å². The summed E-state index contributed by atoms with van der Waals surface area (Å²) in [6, 6.07) is 3.89. The van der Waals surface area contributed by atoms with Gasteiger partial charge in [-0.25, -0.2) is 0 Å². The SMILES string of the molecule is N[C@@H](C(=O)O)c1cccc(Cl)c1Br. The Balaban J connectivity index is 3.15. The number of carbonyl (C=O) groups is 1. The summed E-state index contributed by atoms with van der Waals surface area (Å²) in [4.78, 5) is 10.6. The van der Waals surface area contributed by atoms with Crippen LogP contribution in [0.4, 0.5) is 0 Å². The lowest BCUT2D eigenvalue weighted by molar-refractivity contribution is -0.138. The smallest absolute Gasteiger partial charge is 0.325 e.